The van der Waals surface area contributed by atoms with Crippen LogP contribution in [0.4, 0.5) is 5.82 Å². The van der Waals surface area contributed by atoms with Crippen LogP contribution in [0.1, 0.15) is 11.4 Å². The first-order valence-electron chi connectivity index (χ1n) is 9.56. The number of anilines is 1. The van der Waals surface area contributed by atoms with Crippen LogP contribution < -0.4 is 10.6 Å². The number of nitrogens with one attached hydrogen (secondary N) is 2. The van der Waals surface area contributed by atoms with Gasteiger partial charge in [0, 0.05) is 30.9 Å². The molecule has 4 heterocycles. The molecule has 1 aromatic carbocycles. The zero-order valence-corrected chi connectivity index (χ0v) is 16.1. The number of benzene rings is 1. The number of hydrogen-bond donors (Lipinski definition) is 2. The van der Waals surface area contributed by atoms with Gasteiger partial charge >= 0.3 is 5.69 Å². The van der Waals surface area contributed by atoms with Gasteiger partial charge in [-0.25, -0.2) is 19.9 Å². The Labute approximate surface area is 166 Å². The van der Waals surface area contributed by atoms with E-state index in [-0.39, 0.29) is 5.69 Å². The van der Waals surface area contributed by atoms with Gasteiger partial charge in [0.1, 0.15) is 11.6 Å². The number of aromatic amines is 2. The minimum Gasteiger partial charge on any atom is -0.378 e. The number of morpholine rings is 1. The van der Waals surface area contributed by atoms with Crippen LogP contribution in [0.15, 0.2) is 41.5 Å². The maximum atomic E-state index is 11.4. The fourth-order valence-electron chi connectivity index (χ4n) is 3.67. The zero-order valence-electron chi connectivity index (χ0n) is 16.1. The van der Waals surface area contributed by atoms with Crippen LogP contribution in [-0.4, -0.2) is 56.0 Å². The van der Waals surface area contributed by atoms with Crippen LogP contribution in [0, 0.1) is 6.92 Å². The summed E-state index contributed by atoms with van der Waals surface area (Å²) in [6, 6.07) is 8.41. The highest BCUT2D eigenvalue weighted by Crippen LogP contribution is 2.32. The molecule has 0 spiro atoms. The molecule has 2 N–H and O–H groups in total. The maximum absolute atomic E-state index is 11.4. The summed E-state index contributed by atoms with van der Waals surface area (Å²) in [4.78, 5) is 25.9. The summed E-state index contributed by atoms with van der Waals surface area (Å²) in [6.45, 7) is 5.39. The molecule has 0 saturated carbocycles. The summed E-state index contributed by atoms with van der Waals surface area (Å²) in [7, 11) is 0. The molecule has 4 aromatic rings. The van der Waals surface area contributed by atoms with E-state index in [1.54, 1.807) is 6.20 Å². The number of aryl methyl sites for hydroxylation is 1. The van der Waals surface area contributed by atoms with Crippen LogP contribution in [0.3, 0.4) is 0 Å². The second-order valence-electron chi connectivity index (χ2n) is 7.16. The van der Waals surface area contributed by atoms with Crippen molar-refractivity contribution in [2.24, 2.45) is 0 Å². The quantitative estimate of drug-likeness (QED) is 0.549. The lowest BCUT2D eigenvalue weighted by Gasteiger charge is -2.29. The van der Waals surface area contributed by atoms with Crippen molar-refractivity contribution in [3.63, 3.8) is 0 Å². The number of nitrogens with zero attached hydrogens (tertiary/aromatic N) is 5. The Balaban J connectivity index is 1.64. The normalized spacial score (nSPS) is 14.6. The summed E-state index contributed by atoms with van der Waals surface area (Å²) < 4.78 is 7.49. The Kier molecular flexibility index (Phi) is 4.36. The van der Waals surface area contributed by atoms with Crippen molar-refractivity contribution in [2.75, 3.05) is 31.2 Å². The molecule has 9 heteroatoms. The van der Waals surface area contributed by atoms with Crippen LogP contribution in [0.2, 0.25) is 0 Å². The standard InChI is InChI=1S/C20H21N7O2/c1-13-2-3-14-11-15(19(22-16(14)10-13)26-6-8-29-9-7-26)18-21-4-5-27(18)12-17-23-20(28)25-24-17/h2-5,10-11H,6-9,12H2,1H3,(H2,23,24,25,28). The molecule has 1 saturated heterocycles. The SMILES string of the molecule is Cc1ccc2cc(-c3nccn3Cc3n[nH]c(=O)[nH]3)c(N3CCOCC3)nc2c1. The summed E-state index contributed by atoms with van der Waals surface area (Å²) in [6.07, 6.45) is 3.63. The average Bonchev–Trinajstić information content (AvgIpc) is 3.36. The molecule has 0 amide bonds. The first-order valence-corrected chi connectivity index (χ1v) is 9.56. The number of ether oxygens (including phenoxy) is 1. The van der Waals surface area contributed by atoms with Crippen LogP contribution >= 0.6 is 0 Å². The van der Waals surface area contributed by atoms with Gasteiger partial charge in [0.15, 0.2) is 5.82 Å². The highest BCUT2D eigenvalue weighted by atomic mass is 16.5. The molecule has 0 radical (unpaired) electrons. The fraction of sp³-hybridized carbons (Fsp3) is 0.300. The van der Waals surface area contributed by atoms with E-state index in [0.717, 1.165) is 41.2 Å². The number of rotatable bonds is 4. The Hall–Kier alpha value is -3.46. The number of imidazole rings is 1. The highest BCUT2D eigenvalue weighted by Gasteiger charge is 2.21. The van der Waals surface area contributed by atoms with Gasteiger partial charge in [0.05, 0.1) is 30.8 Å². The molecular weight excluding hydrogens is 370 g/mol. The Bertz CT molecular complexity index is 1220. The van der Waals surface area contributed by atoms with E-state index in [0.29, 0.717) is 25.6 Å². The van der Waals surface area contributed by atoms with E-state index in [4.69, 9.17) is 9.72 Å². The molecule has 0 aliphatic carbocycles. The predicted molar refractivity (Wildman–Crippen MR) is 109 cm³/mol. The molecule has 9 nitrogen and oxygen atoms in total. The van der Waals surface area contributed by atoms with Crippen LogP contribution in [-0.2, 0) is 11.3 Å². The molecule has 29 heavy (non-hydrogen) atoms. The molecule has 0 atom stereocenters. The van der Waals surface area contributed by atoms with E-state index in [9.17, 15) is 4.79 Å². The largest absolute Gasteiger partial charge is 0.378 e. The molecule has 3 aromatic heterocycles. The lowest BCUT2D eigenvalue weighted by Crippen LogP contribution is -2.37. The highest BCUT2D eigenvalue weighted by molar-refractivity contribution is 5.88. The van der Waals surface area contributed by atoms with Crippen molar-refractivity contribution >= 4 is 16.7 Å². The van der Waals surface area contributed by atoms with Crippen molar-refractivity contribution in [1.29, 1.82) is 0 Å². The Morgan fingerprint density at radius 3 is 2.86 bits per heavy atom. The summed E-state index contributed by atoms with van der Waals surface area (Å²) in [5, 5.41) is 7.48. The average molecular weight is 391 g/mol. The lowest BCUT2D eigenvalue weighted by molar-refractivity contribution is 0.122. The van der Waals surface area contributed by atoms with Crippen molar-refractivity contribution in [3.05, 3.63) is 58.5 Å². The van der Waals surface area contributed by atoms with Gasteiger partial charge in [-0.1, -0.05) is 12.1 Å². The topological polar surface area (TPSA) is 105 Å². The van der Waals surface area contributed by atoms with Gasteiger partial charge in [-0.2, -0.15) is 5.10 Å². The summed E-state index contributed by atoms with van der Waals surface area (Å²) >= 11 is 0. The minimum absolute atomic E-state index is 0.321. The third-order valence-corrected chi connectivity index (χ3v) is 5.09. The monoisotopic (exact) mass is 391 g/mol. The summed E-state index contributed by atoms with van der Waals surface area (Å²) in [5.74, 6) is 2.23. The van der Waals surface area contributed by atoms with Gasteiger partial charge in [-0.05, 0) is 24.6 Å². The minimum atomic E-state index is -0.321. The molecule has 5 rings (SSSR count). The lowest BCUT2D eigenvalue weighted by atomic mass is 10.1. The second-order valence-corrected chi connectivity index (χ2v) is 7.16. The first kappa shape index (κ1) is 17.6. The van der Waals surface area contributed by atoms with Crippen molar-refractivity contribution < 1.29 is 4.74 Å². The number of aromatic nitrogens is 6. The number of fused-ring (bicyclic) bond motifs is 1. The van der Waals surface area contributed by atoms with Gasteiger partial charge in [-0.15, -0.1) is 0 Å². The molecular formula is C20H21N7O2. The third kappa shape index (κ3) is 3.40. The van der Waals surface area contributed by atoms with Gasteiger partial charge < -0.3 is 14.2 Å². The number of H-pyrrole nitrogens is 2. The van der Waals surface area contributed by atoms with E-state index in [1.165, 1.54) is 5.56 Å². The van der Waals surface area contributed by atoms with Gasteiger partial charge in [-0.3, -0.25) is 4.98 Å². The molecule has 1 fully saturated rings. The predicted octanol–water partition coefficient (Wildman–Crippen LogP) is 1.70. The van der Waals surface area contributed by atoms with Gasteiger partial charge in [0.25, 0.3) is 0 Å². The van der Waals surface area contributed by atoms with E-state index < -0.39 is 0 Å². The maximum Gasteiger partial charge on any atom is 0.340 e. The molecule has 1 aliphatic heterocycles. The smallest absolute Gasteiger partial charge is 0.340 e. The van der Waals surface area contributed by atoms with Crippen molar-refractivity contribution in [3.8, 4) is 11.4 Å². The van der Waals surface area contributed by atoms with E-state index >= 15 is 0 Å². The second kappa shape index (κ2) is 7.17. The Morgan fingerprint density at radius 1 is 1.21 bits per heavy atom. The van der Waals surface area contributed by atoms with Crippen LogP contribution in [0.25, 0.3) is 22.3 Å². The summed E-state index contributed by atoms with van der Waals surface area (Å²) in [5.41, 5.74) is 2.77. The molecule has 1 aliphatic rings. The first-order chi connectivity index (χ1) is 14.2. The Morgan fingerprint density at radius 2 is 2.07 bits per heavy atom. The third-order valence-electron chi connectivity index (χ3n) is 5.09. The molecule has 0 bridgehead atoms. The van der Waals surface area contributed by atoms with E-state index in [2.05, 4.69) is 56.3 Å². The fourth-order valence-corrected chi connectivity index (χ4v) is 3.67. The van der Waals surface area contributed by atoms with Crippen LogP contribution in [0.5, 0.6) is 0 Å². The van der Waals surface area contributed by atoms with E-state index in [1.807, 2.05) is 10.8 Å². The number of pyridine rings is 1. The molecule has 0 unspecified atom stereocenters. The van der Waals surface area contributed by atoms with Gasteiger partial charge in [0.2, 0.25) is 0 Å². The van der Waals surface area contributed by atoms with Crippen molar-refractivity contribution in [1.82, 2.24) is 29.7 Å². The molecule has 148 valence electrons. The van der Waals surface area contributed by atoms with Crippen molar-refractivity contribution in [2.45, 2.75) is 13.5 Å². The zero-order chi connectivity index (χ0) is 19.8. The number of hydrogen-bond acceptors (Lipinski definition) is 6.